The Bertz CT molecular complexity index is 1090. The molecule has 0 saturated carbocycles. The minimum absolute atomic E-state index is 0.215. The fourth-order valence-electron chi connectivity index (χ4n) is 2.68. The number of nitrogens with one attached hydrogen (secondary N) is 1. The number of hydrogen-bond donors (Lipinski definition) is 1. The van der Waals surface area contributed by atoms with Gasteiger partial charge in [0.05, 0.1) is 6.61 Å². The van der Waals surface area contributed by atoms with Gasteiger partial charge in [0.15, 0.2) is 0 Å². The van der Waals surface area contributed by atoms with Gasteiger partial charge in [-0.1, -0.05) is 53.0 Å². The zero-order chi connectivity index (χ0) is 21.7. The molecule has 0 saturated heterocycles. The maximum atomic E-state index is 12.6. The van der Waals surface area contributed by atoms with Gasteiger partial charge in [-0.15, -0.1) is 11.3 Å². The first kappa shape index (κ1) is 22.4. The van der Waals surface area contributed by atoms with Gasteiger partial charge in [-0.2, -0.15) is 0 Å². The zero-order valence-corrected chi connectivity index (χ0v) is 18.8. The Labute approximate surface area is 193 Å². The maximum Gasteiger partial charge on any atom is 0.341 e. The zero-order valence-electron chi connectivity index (χ0n) is 15.7. The number of esters is 1. The monoisotopic (exact) mass is 479 g/mol. The van der Waals surface area contributed by atoms with E-state index in [0.717, 1.165) is 5.56 Å². The van der Waals surface area contributed by atoms with Gasteiger partial charge in [-0.25, -0.2) is 4.79 Å². The van der Waals surface area contributed by atoms with Crippen molar-refractivity contribution in [3.8, 4) is 11.1 Å². The number of thiophene rings is 1. The van der Waals surface area contributed by atoms with E-state index in [-0.39, 0.29) is 6.61 Å². The van der Waals surface area contributed by atoms with Crippen LogP contribution in [0.15, 0.2) is 53.9 Å². The van der Waals surface area contributed by atoms with Crippen molar-refractivity contribution in [1.29, 1.82) is 0 Å². The average Bonchev–Trinajstić information content (AvgIpc) is 3.12. The molecule has 2 aromatic carbocycles. The number of benzene rings is 2. The summed E-state index contributed by atoms with van der Waals surface area (Å²) in [5.41, 5.74) is 2.28. The van der Waals surface area contributed by atoms with Crippen molar-refractivity contribution in [2.75, 3.05) is 11.9 Å². The molecule has 0 unspecified atom stereocenters. The molecule has 30 heavy (non-hydrogen) atoms. The molecule has 3 aromatic rings. The molecule has 0 bridgehead atoms. The number of halogens is 3. The third-order valence-corrected chi connectivity index (χ3v) is 5.87. The highest BCUT2D eigenvalue weighted by molar-refractivity contribution is 7.15. The van der Waals surface area contributed by atoms with E-state index in [1.54, 1.807) is 54.8 Å². The Kier molecular flexibility index (Phi) is 7.56. The minimum atomic E-state index is -0.517. The van der Waals surface area contributed by atoms with Crippen LogP contribution in [0, 0.1) is 0 Å². The van der Waals surface area contributed by atoms with Crippen LogP contribution in [-0.4, -0.2) is 18.5 Å². The third kappa shape index (κ3) is 5.24. The Balaban J connectivity index is 1.90. The Morgan fingerprint density at radius 1 is 1.07 bits per heavy atom. The van der Waals surface area contributed by atoms with Gasteiger partial charge in [-0.3, -0.25) is 4.79 Å². The molecule has 0 radical (unpaired) electrons. The summed E-state index contributed by atoms with van der Waals surface area (Å²) in [6.07, 6.45) is 2.83. The van der Waals surface area contributed by atoms with E-state index in [1.165, 1.54) is 23.5 Å². The van der Waals surface area contributed by atoms with Crippen LogP contribution < -0.4 is 5.32 Å². The molecule has 0 aliphatic heterocycles. The van der Waals surface area contributed by atoms with E-state index in [1.807, 2.05) is 0 Å². The van der Waals surface area contributed by atoms with Gasteiger partial charge >= 0.3 is 5.97 Å². The highest BCUT2D eigenvalue weighted by atomic mass is 35.5. The number of carbonyl (C=O) groups is 2. The number of amides is 1. The number of hydrogen-bond acceptors (Lipinski definition) is 4. The summed E-state index contributed by atoms with van der Waals surface area (Å²) >= 11 is 19.4. The number of anilines is 1. The predicted molar refractivity (Wildman–Crippen MR) is 125 cm³/mol. The van der Waals surface area contributed by atoms with E-state index >= 15 is 0 Å². The molecule has 8 heteroatoms. The lowest BCUT2D eigenvalue weighted by Crippen LogP contribution is -2.12. The van der Waals surface area contributed by atoms with E-state index in [0.29, 0.717) is 36.8 Å². The Morgan fingerprint density at radius 3 is 2.37 bits per heavy atom. The van der Waals surface area contributed by atoms with Crippen molar-refractivity contribution in [2.24, 2.45) is 0 Å². The highest BCUT2D eigenvalue weighted by Gasteiger charge is 2.22. The van der Waals surface area contributed by atoms with Crippen LogP contribution in [0.25, 0.3) is 17.2 Å². The smallest absolute Gasteiger partial charge is 0.341 e. The summed E-state index contributed by atoms with van der Waals surface area (Å²) < 4.78 is 5.19. The lowest BCUT2D eigenvalue weighted by Gasteiger charge is -2.08. The summed E-state index contributed by atoms with van der Waals surface area (Å²) in [5.74, 6) is -0.946. The molecular weight excluding hydrogens is 465 g/mol. The summed E-state index contributed by atoms with van der Waals surface area (Å²) in [4.78, 5) is 25.1. The van der Waals surface area contributed by atoms with Crippen LogP contribution in [0.5, 0.6) is 0 Å². The van der Waals surface area contributed by atoms with E-state index in [9.17, 15) is 9.59 Å². The van der Waals surface area contributed by atoms with Crippen molar-refractivity contribution >= 4 is 69.1 Å². The van der Waals surface area contributed by atoms with E-state index < -0.39 is 11.9 Å². The fraction of sp³-hybridized carbons (Fsp3) is 0.0909. The second kappa shape index (κ2) is 10.1. The minimum Gasteiger partial charge on any atom is -0.462 e. The van der Waals surface area contributed by atoms with Gasteiger partial charge in [0.2, 0.25) is 5.91 Å². The second-order valence-electron chi connectivity index (χ2n) is 6.04. The molecule has 0 aliphatic rings. The standard InChI is InChI=1S/C22H16Cl3NO3S/c1-2-29-22(28)20-16(13-6-8-14(23)9-7-13)12-30-21(20)26-19(27)11-10-15-17(24)4-3-5-18(15)25/h3-12H,2H2,1H3,(H,26,27). The fourth-order valence-corrected chi connectivity index (χ4v) is 4.29. The van der Waals surface area contributed by atoms with Crippen LogP contribution in [-0.2, 0) is 9.53 Å². The van der Waals surface area contributed by atoms with Crippen molar-refractivity contribution in [1.82, 2.24) is 0 Å². The van der Waals surface area contributed by atoms with Gasteiger partial charge in [-0.05, 0) is 42.8 Å². The largest absolute Gasteiger partial charge is 0.462 e. The quantitative estimate of drug-likeness (QED) is 0.300. The molecule has 0 fully saturated rings. The van der Waals surface area contributed by atoms with Gasteiger partial charge in [0.25, 0.3) is 0 Å². The molecule has 0 spiro atoms. The molecule has 154 valence electrons. The molecular formula is C22H16Cl3NO3S. The first-order valence-electron chi connectivity index (χ1n) is 8.88. The van der Waals surface area contributed by atoms with Crippen LogP contribution in [0.2, 0.25) is 15.1 Å². The van der Waals surface area contributed by atoms with Crippen molar-refractivity contribution in [3.63, 3.8) is 0 Å². The van der Waals surface area contributed by atoms with E-state index in [2.05, 4.69) is 5.32 Å². The van der Waals surface area contributed by atoms with Gasteiger partial charge in [0.1, 0.15) is 10.6 Å². The van der Waals surface area contributed by atoms with E-state index in [4.69, 9.17) is 39.5 Å². The lowest BCUT2D eigenvalue weighted by atomic mass is 10.0. The lowest BCUT2D eigenvalue weighted by molar-refractivity contribution is -0.111. The Morgan fingerprint density at radius 2 is 1.73 bits per heavy atom. The van der Waals surface area contributed by atoms with Gasteiger partial charge < -0.3 is 10.1 Å². The van der Waals surface area contributed by atoms with Crippen molar-refractivity contribution in [3.05, 3.63) is 80.1 Å². The van der Waals surface area contributed by atoms with Crippen molar-refractivity contribution in [2.45, 2.75) is 6.92 Å². The number of carbonyl (C=O) groups excluding carboxylic acids is 2. The van der Waals surface area contributed by atoms with Gasteiger partial charge in [0, 0.05) is 37.7 Å². The molecule has 3 rings (SSSR count). The summed E-state index contributed by atoms with van der Waals surface area (Å²) in [6.45, 7) is 1.94. The normalized spacial score (nSPS) is 10.9. The Hall–Kier alpha value is -2.31. The predicted octanol–water partition coefficient (Wildman–Crippen LogP) is 7.20. The molecule has 1 aromatic heterocycles. The number of rotatable bonds is 6. The van der Waals surface area contributed by atoms with Crippen LogP contribution in [0.1, 0.15) is 22.8 Å². The number of ether oxygens (including phenoxy) is 1. The van der Waals surface area contributed by atoms with Crippen LogP contribution in [0.4, 0.5) is 5.00 Å². The van der Waals surface area contributed by atoms with Crippen LogP contribution >= 0.6 is 46.1 Å². The topological polar surface area (TPSA) is 55.4 Å². The second-order valence-corrected chi connectivity index (χ2v) is 8.17. The average molecular weight is 481 g/mol. The molecule has 1 N–H and O–H groups in total. The summed E-state index contributed by atoms with van der Waals surface area (Å²) in [6, 6.07) is 12.2. The summed E-state index contributed by atoms with van der Waals surface area (Å²) in [7, 11) is 0. The molecule has 1 heterocycles. The first-order valence-corrected chi connectivity index (χ1v) is 10.9. The first-order chi connectivity index (χ1) is 14.4. The van der Waals surface area contributed by atoms with Crippen molar-refractivity contribution < 1.29 is 14.3 Å². The molecule has 0 aliphatic carbocycles. The molecule has 0 atom stereocenters. The third-order valence-electron chi connectivity index (χ3n) is 4.06. The highest BCUT2D eigenvalue weighted by Crippen LogP contribution is 2.36. The summed E-state index contributed by atoms with van der Waals surface area (Å²) in [5, 5.41) is 6.37. The van der Waals surface area contributed by atoms with Crippen LogP contribution in [0.3, 0.4) is 0 Å². The molecule has 4 nitrogen and oxygen atoms in total. The SMILES string of the molecule is CCOC(=O)c1c(-c2ccc(Cl)cc2)csc1NC(=O)C=Cc1c(Cl)cccc1Cl. The molecule has 1 amide bonds. The maximum absolute atomic E-state index is 12.6.